The molecular weight excluding hydrogens is 128 g/mol. The second-order valence-corrected chi connectivity index (χ2v) is 4.01. The van der Waals surface area contributed by atoms with Crippen LogP contribution in [0.5, 0.6) is 0 Å². The first-order chi connectivity index (χ1) is 4.55. The van der Waals surface area contributed by atoms with E-state index in [1.807, 2.05) is 0 Å². The first-order valence-corrected chi connectivity index (χ1v) is 3.75. The largest absolute Gasteiger partial charge is 0.373 e. The SMILES string of the molecule is CC(C)(C)C(C[O])[C@@H]1CO1. The van der Waals surface area contributed by atoms with Crippen molar-refractivity contribution in [2.75, 3.05) is 13.2 Å². The van der Waals surface area contributed by atoms with Gasteiger partial charge in [0.1, 0.15) is 0 Å². The van der Waals surface area contributed by atoms with Crippen molar-refractivity contribution in [3.8, 4) is 0 Å². The van der Waals surface area contributed by atoms with Gasteiger partial charge in [0.15, 0.2) is 0 Å². The van der Waals surface area contributed by atoms with Gasteiger partial charge in [0.25, 0.3) is 0 Å². The third kappa shape index (κ3) is 1.70. The van der Waals surface area contributed by atoms with E-state index in [9.17, 15) is 5.11 Å². The highest BCUT2D eigenvalue weighted by molar-refractivity contribution is 4.86. The molecule has 59 valence electrons. The van der Waals surface area contributed by atoms with Crippen LogP contribution in [0.1, 0.15) is 20.8 Å². The highest BCUT2D eigenvalue weighted by Gasteiger charge is 2.39. The molecule has 1 saturated heterocycles. The zero-order chi connectivity index (χ0) is 7.78. The maximum atomic E-state index is 10.7. The summed E-state index contributed by atoms with van der Waals surface area (Å²) in [6.07, 6.45) is 0.262. The Labute approximate surface area is 62.2 Å². The summed E-state index contributed by atoms with van der Waals surface area (Å²) >= 11 is 0. The van der Waals surface area contributed by atoms with Crippen molar-refractivity contribution < 1.29 is 9.84 Å². The first-order valence-electron chi connectivity index (χ1n) is 3.75. The topological polar surface area (TPSA) is 32.4 Å². The Kier molecular flexibility index (Phi) is 2.02. The molecule has 0 spiro atoms. The summed E-state index contributed by atoms with van der Waals surface area (Å²) in [7, 11) is 0. The number of epoxide rings is 1. The average Bonchev–Trinajstić information content (AvgIpc) is 2.46. The molecule has 1 radical (unpaired) electrons. The molecule has 0 amide bonds. The van der Waals surface area contributed by atoms with Gasteiger partial charge in [-0.3, -0.25) is 0 Å². The Morgan fingerprint density at radius 1 is 1.60 bits per heavy atom. The molecule has 0 aromatic heterocycles. The highest BCUT2D eigenvalue weighted by atomic mass is 16.6. The number of ether oxygens (including phenoxy) is 1. The van der Waals surface area contributed by atoms with E-state index in [1.54, 1.807) is 0 Å². The van der Waals surface area contributed by atoms with E-state index in [4.69, 9.17) is 4.74 Å². The fraction of sp³-hybridized carbons (Fsp3) is 1.00. The lowest BCUT2D eigenvalue weighted by Crippen LogP contribution is -2.28. The molecule has 0 saturated carbocycles. The summed E-state index contributed by atoms with van der Waals surface area (Å²) in [5, 5.41) is 10.7. The van der Waals surface area contributed by atoms with Crippen LogP contribution >= 0.6 is 0 Å². The summed E-state index contributed by atoms with van der Waals surface area (Å²) in [5.41, 5.74) is 0.114. The molecule has 2 atom stereocenters. The quantitative estimate of drug-likeness (QED) is 0.539. The van der Waals surface area contributed by atoms with E-state index >= 15 is 0 Å². The molecule has 0 bridgehead atoms. The van der Waals surface area contributed by atoms with E-state index in [0.29, 0.717) is 0 Å². The van der Waals surface area contributed by atoms with Gasteiger partial charge < -0.3 is 4.74 Å². The van der Waals surface area contributed by atoms with Gasteiger partial charge in [-0.25, -0.2) is 5.11 Å². The predicted octanol–water partition coefficient (Wildman–Crippen LogP) is 1.48. The van der Waals surface area contributed by atoms with Gasteiger partial charge in [-0.15, -0.1) is 0 Å². The molecule has 0 aliphatic carbocycles. The van der Waals surface area contributed by atoms with Gasteiger partial charge in [0.05, 0.1) is 19.3 Å². The zero-order valence-corrected chi connectivity index (χ0v) is 6.89. The summed E-state index contributed by atoms with van der Waals surface area (Å²) in [6, 6.07) is 0. The molecule has 2 nitrogen and oxygen atoms in total. The summed E-state index contributed by atoms with van der Waals surface area (Å²) in [6.45, 7) is 7.07. The van der Waals surface area contributed by atoms with Crippen molar-refractivity contribution in [1.29, 1.82) is 0 Å². The van der Waals surface area contributed by atoms with Crippen LogP contribution in [-0.2, 0) is 9.84 Å². The fourth-order valence-electron chi connectivity index (χ4n) is 1.20. The third-order valence-electron chi connectivity index (χ3n) is 2.10. The van der Waals surface area contributed by atoms with Crippen LogP contribution in [0, 0.1) is 11.3 Å². The first kappa shape index (κ1) is 8.02. The van der Waals surface area contributed by atoms with Crippen LogP contribution in [0.2, 0.25) is 0 Å². The lowest BCUT2D eigenvalue weighted by atomic mass is 9.79. The zero-order valence-electron chi connectivity index (χ0n) is 6.89. The molecule has 1 fully saturated rings. The molecule has 1 aliphatic heterocycles. The fourth-order valence-corrected chi connectivity index (χ4v) is 1.20. The standard InChI is InChI=1S/C8H15O2/c1-8(2,3)6(4-9)7-5-10-7/h6-7H,4-5H2,1-3H3/t6?,7-/m0/s1. The van der Waals surface area contributed by atoms with Crippen LogP contribution in [0.3, 0.4) is 0 Å². The minimum Gasteiger partial charge on any atom is -0.373 e. The lowest BCUT2D eigenvalue weighted by Gasteiger charge is -2.26. The van der Waals surface area contributed by atoms with Crippen LogP contribution in [0.4, 0.5) is 0 Å². The van der Waals surface area contributed by atoms with Gasteiger partial charge in [-0.05, 0) is 5.41 Å². The monoisotopic (exact) mass is 143 g/mol. The predicted molar refractivity (Wildman–Crippen MR) is 38.2 cm³/mol. The molecule has 1 heterocycles. The van der Waals surface area contributed by atoms with E-state index < -0.39 is 0 Å². The van der Waals surface area contributed by atoms with E-state index in [1.165, 1.54) is 0 Å². The van der Waals surface area contributed by atoms with Gasteiger partial charge in [0.2, 0.25) is 0 Å². The molecule has 0 aromatic carbocycles. The van der Waals surface area contributed by atoms with E-state index in [0.717, 1.165) is 6.61 Å². The lowest BCUT2D eigenvalue weighted by molar-refractivity contribution is 0.0609. The van der Waals surface area contributed by atoms with Crippen LogP contribution in [0.15, 0.2) is 0 Å². The number of hydrogen-bond acceptors (Lipinski definition) is 1. The Morgan fingerprint density at radius 2 is 2.10 bits per heavy atom. The maximum absolute atomic E-state index is 10.7. The van der Waals surface area contributed by atoms with E-state index in [-0.39, 0.29) is 24.0 Å². The summed E-state index contributed by atoms with van der Waals surface area (Å²) < 4.78 is 5.09. The third-order valence-corrected chi connectivity index (χ3v) is 2.10. The van der Waals surface area contributed by atoms with Crippen LogP contribution in [0.25, 0.3) is 0 Å². The molecule has 1 aliphatic rings. The molecule has 2 heteroatoms. The summed E-state index contributed by atoms with van der Waals surface area (Å²) in [4.78, 5) is 0. The molecule has 1 rings (SSSR count). The molecule has 10 heavy (non-hydrogen) atoms. The van der Waals surface area contributed by atoms with Crippen molar-refractivity contribution >= 4 is 0 Å². The molecule has 1 unspecified atom stereocenters. The van der Waals surface area contributed by atoms with Crippen LogP contribution in [-0.4, -0.2) is 19.3 Å². The Bertz CT molecular complexity index is 111. The van der Waals surface area contributed by atoms with Gasteiger partial charge >= 0.3 is 0 Å². The maximum Gasteiger partial charge on any atom is 0.0881 e. The minimum absolute atomic E-state index is 0.00579. The molecular formula is C8H15O2. The Balaban J connectivity index is 2.46. The normalized spacial score (nSPS) is 28.2. The summed E-state index contributed by atoms with van der Waals surface area (Å²) in [5.74, 6) is 0.201. The highest BCUT2D eigenvalue weighted by Crippen LogP contribution is 2.34. The molecule has 0 N–H and O–H groups in total. The smallest absolute Gasteiger partial charge is 0.0881 e. The Morgan fingerprint density at radius 3 is 2.20 bits per heavy atom. The minimum atomic E-state index is -0.00579. The second kappa shape index (κ2) is 2.51. The van der Waals surface area contributed by atoms with Crippen molar-refractivity contribution in [2.45, 2.75) is 26.9 Å². The van der Waals surface area contributed by atoms with Crippen molar-refractivity contribution in [3.05, 3.63) is 0 Å². The number of rotatable bonds is 2. The second-order valence-electron chi connectivity index (χ2n) is 4.01. The van der Waals surface area contributed by atoms with Crippen molar-refractivity contribution in [2.24, 2.45) is 11.3 Å². The Hall–Kier alpha value is -0.0800. The van der Waals surface area contributed by atoms with Crippen molar-refractivity contribution in [3.63, 3.8) is 0 Å². The molecule has 0 aromatic rings. The van der Waals surface area contributed by atoms with Gasteiger partial charge in [-0.1, -0.05) is 20.8 Å². The van der Waals surface area contributed by atoms with Gasteiger partial charge in [0, 0.05) is 5.92 Å². The average molecular weight is 143 g/mol. The number of hydrogen-bond donors (Lipinski definition) is 0. The van der Waals surface area contributed by atoms with Gasteiger partial charge in [-0.2, -0.15) is 0 Å². The van der Waals surface area contributed by atoms with E-state index in [2.05, 4.69) is 20.8 Å². The van der Waals surface area contributed by atoms with Crippen molar-refractivity contribution in [1.82, 2.24) is 0 Å². The van der Waals surface area contributed by atoms with Crippen LogP contribution < -0.4 is 0 Å².